The van der Waals surface area contributed by atoms with E-state index in [1.165, 1.54) is 12.8 Å². The van der Waals surface area contributed by atoms with Gasteiger partial charge in [0.25, 0.3) is 0 Å². The molecule has 0 aromatic heterocycles. The molecular weight excluding hydrogens is 126 g/mol. The van der Waals surface area contributed by atoms with Crippen molar-refractivity contribution in [3.63, 3.8) is 0 Å². The van der Waals surface area contributed by atoms with Crippen LogP contribution in [0.5, 0.6) is 0 Å². The number of hydrogen-bond acceptors (Lipinski definition) is 2. The summed E-state index contributed by atoms with van der Waals surface area (Å²) in [5.74, 6) is 0.825. The lowest BCUT2D eigenvalue weighted by Gasteiger charge is -2.28. The van der Waals surface area contributed by atoms with E-state index in [0.717, 1.165) is 19.0 Å². The summed E-state index contributed by atoms with van der Waals surface area (Å²) in [5.41, 5.74) is 0. The topological polar surface area (TPSA) is 12.5 Å². The third-order valence-electron chi connectivity index (χ3n) is 2.23. The molecule has 1 radical (unpaired) electrons. The first-order valence-electron chi connectivity index (χ1n) is 3.95. The Kier molecular flexibility index (Phi) is 3.16. The van der Waals surface area contributed by atoms with E-state index in [1.54, 1.807) is 7.11 Å². The normalized spacial score (nSPS) is 23.4. The number of rotatable bonds is 2. The molecule has 0 unspecified atom stereocenters. The first-order chi connectivity index (χ1) is 4.86. The Hall–Kier alpha value is -0.0800. The van der Waals surface area contributed by atoms with Gasteiger partial charge in [0.15, 0.2) is 0 Å². The minimum Gasteiger partial charge on any atom is -0.302 e. The third kappa shape index (κ3) is 1.96. The first kappa shape index (κ1) is 8.02. The standard InChI is InChI=1S/C8H16NO/c1-3-8-4-6-9(10-2)7-5-8/h3,8H,4-7H2,1-2H3. The van der Waals surface area contributed by atoms with Crippen molar-refractivity contribution in [2.24, 2.45) is 5.92 Å². The van der Waals surface area contributed by atoms with Gasteiger partial charge in [-0.25, -0.2) is 0 Å². The Morgan fingerprint density at radius 1 is 1.40 bits per heavy atom. The number of hydroxylamine groups is 2. The second-order valence-electron chi connectivity index (χ2n) is 2.78. The summed E-state index contributed by atoms with van der Waals surface area (Å²) in [4.78, 5) is 5.10. The van der Waals surface area contributed by atoms with Crippen molar-refractivity contribution in [3.05, 3.63) is 6.42 Å². The van der Waals surface area contributed by atoms with Crippen molar-refractivity contribution in [2.45, 2.75) is 19.8 Å². The maximum Gasteiger partial charge on any atom is 0.0575 e. The Morgan fingerprint density at radius 3 is 2.40 bits per heavy atom. The zero-order chi connectivity index (χ0) is 7.40. The summed E-state index contributed by atoms with van der Waals surface area (Å²) in [7, 11) is 1.75. The molecule has 59 valence electrons. The lowest BCUT2D eigenvalue weighted by Crippen LogP contribution is -2.32. The average molecular weight is 142 g/mol. The fourth-order valence-corrected chi connectivity index (χ4v) is 1.39. The van der Waals surface area contributed by atoms with Crippen LogP contribution >= 0.6 is 0 Å². The first-order valence-corrected chi connectivity index (χ1v) is 3.95. The predicted octanol–water partition coefficient (Wildman–Crippen LogP) is 1.48. The van der Waals surface area contributed by atoms with E-state index in [1.807, 2.05) is 5.06 Å². The molecule has 0 amide bonds. The van der Waals surface area contributed by atoms with Gasteiger partial charge in [0.2, 0.25) is 0 Å². The van der Waals surface area contributed by atoms with Gasteiger partial charge < -0.3 is 4.84 Å². The molecule has 2 nitrogen and oxygen atoms in total. The molecule has 2 heteroatoms. The summed E-state index contributed by atoms with van der Waals surface area (Å²) in [6, 6.07) is 0. The van der Waals surface area contributed by atoms with Gasteiger partial charge in [-0.2, -0.15) is 5.06 Å². The van der Waals surface area contributed by atoms with Crippen molar-refractivity contribution in [2.75, 3.05) is 20.2 Å². The molecule has 1 heterocycles. The van der Waals surface area contributed by atoms with Crippen molar-refractivity contribution >= 4 is 0 Å². The second-order valence-corrected chi connectivity index (χ2v) is 2.78. The van der Waals surface area contributed by atoms with Gasteiger partial charge >= 0.3 is 0 Å². The fraction of sp³-hybridized carbons (Fsp3) is 0.875. The maximum absolute atomic E-state index is 5.10. The molecule has 0 atom stereocenters. The van der Waals surface area contributed by atoms with Crippen LogP contribution in [-0.4, -0.2) is 25.3 Å². The Bertz CT molecular complexity index is 75.3. The molecular formula is C8H16NO. The highest BCUT2D eigenvalue weighted by atomic mass is 16.7. The third-order valence-corrected chi connectivity index (χ3v) is 2.23. The quantitative estimate of drug-likeness (QED) is 0.579. The fourth-order valence-electron chi connectivity index (χ4n) is 1.39. The zero-order valence-electron chi connectivity index (χ0n) is 6.84. The molecule has 0 bridgehead atoms. The predicted molar refractivity (Wildman–Crippen MR) is 41.3 cm³/mol. The van der Waals surface area contributed by atoms with E-state index >= 15 is 0 Å². The molecule has 1 rings (SSSR count). The molecule has 0 aromatic carbocycles. The Morgan fingerprint density at radius 2 is 2.00 bits per heavy atom. The molecule has 0 N–H and O–H groups in total. The van der Waals surface area contributed by atoms with Crippen LogP contribution in [0.15, 0.2) is 0 Å². The number of piperidine rings is 1. The van der Waals surface area contributed by atoms with Crippen molar-refractivity contribution in [3.8, 4) is 0 Å². The molecule has 0 spiro atoms. The Balaban J connectivity index is 2.17. The molecule has 0 aromatic rings. The summed E-state index contributed by atoms with van der Waals surface area (Å²) < 4.78 is 0. The van der Waals surface area contributed by atoms with Crippen LogP contribution in [0.4, 0.5) is 0 Å². The van der Waals surface area contributed by atoms with Crippen LogP contribution in [0.25, 0.3) is 0 Å². The molecule has 1 saturated heterocycles. The van der Waals surface area contributed by atoms with Crippen molar-refractivity contribution in [1.29, 1.82) is 0 Å². The molecule has 10 heavy (non-hydrogen) atoms. The van der Waals surface area contributed by atoms with Crippen LogP contribution < -0.4 is 0 Å². The highest BCUT2D eigenvalue weighted by molar-refractivity contribution is 4.76. The maximum atomic E-state index is 5.10. The SMILES string of the molecule is C[CH]C1CCN(OC)CC1. The van der Waals surface area contributed by atoms with Gasteiger partial charge in [-0.3, -0.25) is 0 Å². The van der Waals surface area contributed by atoms with Crippen molar-refractivity contribution < 1.29 is 4.84 Å². The second kappa shape index (κ2) is 3.94. The summed E-state index contributed by atoms with van der Waals surface area (Å²) in [6.45, 7) is 4.32. The minimum atomic E-state index is 0.825. The minimum absolute atomic E-state index is 0.825. The summed E-state index contributed by atoms with van der Waals surface area (Å²) >= 11 is 0. The number of hydrogen-bond donors (Lipinski definition) is 0. The van der Waals surface area contributed by atoms with E-state index < -0.39 is 0 Å². The molecule has 0 saturated carbocycles. The van der Waals surface area contributed by atoms with Crippen molar-refractivity contribution in [1.82, 2.24) is 5.06 Å². The van der Waals surface area contributed by atoms with E-state index in [0.29, 0.717) is 0 Å². The van der Waals surface area contributed by atoms with Crippen LogP contribution in [-0.2, 0) is 4.84 Å². The number of nitrogens with zero attached hydrogens (tertiary/aromatic N) is 1. The zero-order valence-corrected chi connectivity index (χ0v) is 6.84. The Labute approximate surface area is 63.1 Å². The largest absolute Gasteiger partial charge is 0.302 e. The molecule has 0 aliphatic carbocycles. The molecule has 1 fully saturated rings. The lowest BCUT2D eigenvalue weighted by molar-refractivity contribution is -0.146. The molecule has 1 aliphatic heterocycles. The highest BCUT2D eigenvalue weighted by Gasteiger charge is 2.16. The van der Waals surface area contributed by atoms with Gasteiger partial charge in [0, 0.05) is 13.1 Å². The smallest absolute Gasteiger partial charge is 0.0575 e. The van der Waals surface area contributed by atoms with Gasteiger partial charge in [0.1, 0.15) is 0 Å². The van der Waals surface area contributed by atoms with Crippen LogP contribution in [0.3, 0.4) is 0 Å². The van der Waals surface area contributed by atoms with E-state index in [2.05, 4.69) is 13.3 Å². The van der Waals surface area contributed by atoms with Crippen LogP contribution in [0, 0.1) is 12.3 Å². The van der Waals surface area contributed by atoms with Crippen LogP contribution in [0.1, 0.15) is 19.8 Å². The van der Waals surface area contributed by atoms with E-state index in [9.17, 15) is 0 Å². The van der Waals surface area contributed by atoms with Crippen LogP contribution in [0.2, 0.25) is 0 Å². The van der Waals surface area contributed by atoms with E-state index in [-0.39, 0.29) is 0 Å². The highest BCUT2D eigenvalue weighted by Crippen LogP contribution is 2.18. The van der Waals surface area contributed by atoms with Gasteiger partial charge in [-0.15, -0.1) is 0 Å². The lowest BCUT2D eigenvalue weighted by atomic mass is 9.96. The average Bonchev–Trinajstić information content (AvgIpc) is 2.05. The van der Waals surface area contributed by atoms with Gasteiger partial charge in [-0.05, 0) is 25.2 Å². The monoisotopic (exact) mass is 142 g/mol. The summed E-state index contributed by atoms with van der Waals surface area (Å²) in [5, 5.41) is 2.03. The summed E-state index contributed by atoms with van der Waals surface area (Å²) in [6.07, 6.45) is 4.81. The van der Waals surface area contributed by atoms with Gasteiger partial charge in [-0.1, -0.05) is 6.92 Å². The molecule has 1 aliphatic rings. The van der Waals surface area contributed by atoms with E-state index in [4.69, 9.17) is 4.84 Å². The van der Waals surface area contributed by atoms with Gasteiger partial charge in [0.05, 0.1) is 7.11 Å².